The Bertz CT molecular complexity index is 826. The molecule has 1 amide bonds. The highest BCUT2D eigenvalue weighted by molar-refractivity contribution is 5.76. The van der Waals surface area contributed by atoms with E-state index >= 15 is 0 Å². The molecule has 5 nitrogen and oxygen atoms in total. The number of hydrogen-bond donors (Lipinski definition) is 0. The largest absolute Gasteiger partial charge is 0.497 e. The van der Waals surface area contributed by atoms with Crippen LogP contribution in [-0.4, -0.2) is 49.0 Å². The van der Waals surface area contributed by atoms with Crippen molar-refractivity contribution in [3.63, 3.8) is 0 Å². The van der Waals surface area contributed by atoms with Crippen LogP contribution in [0.3, 0.4) is 0 Å². The normalized spacial score (nSPS) is 14.9. The number of aryl methyl sites for hydroxylation is 1. The first kappa shape index (κ1) is 19.9. The Hall–Kier alpha value is -2.84. The highest BCUT2D eigenvalue weighted by Gasteiger charge is 2.19. The first-order valence-corrected chi connectivity index (χ1v) is 9.80. The zero-order valence-corrected chi connectivity index (χ0v) is 16.4. The SMILES string of the molecule is COc1cccc(CCC(=O)N2CCCN(Cc3ccc(C#N)cc3)CC2)c1. The first-order chi connectivity index (χ1) is 13.7. The van der Waals surface area contributed by atoms with Crippen LogP contribution < -0.4 is 4.74 Å². The molecular formula is C23H27N3O2. The number of hydrogen-bond acceptors (Lipinski definition) is 4. The predicted molar refractivity (Wildman–Crippen MR) is 109 cm³/mol. The van der Waals surface area contributed by atoms with Crippen molar-refractivity contribution in [3.05, 3.63) is 65.2 Å². The van der Waals surface area contributed by atoms with Crippen LogP contribution in [0.1, 0.15) is 29.5 Å². The van der Waals surface area contributed by atoms with E-state index in [-0.39, 0.29) is 5.91 Å². The van der Waals surface area contributed by atoms with Crippen molar-refractivity contribution in [2.75, 3.05) is 33.3 Å². The average Bonchev–Trinajstić information content (AvgIpc) is 2.98. The first-order valence-electron chi connectivity index (χ1n) is 9.80. The second-order valence-corrected chi connectivity index (χ2v) is 7.17. The Balaban J connectivity index is 1.48. The van der Waals surface area contributed by atoms with Crippen LogP contribution in [0.4, 0.5) is 0 Å². The third-order valence-electron chi connectivity index (χ3n) is 5.19. The zero-order chi connectivity index (χ0) is 19.8. The molecule has 1 heterocycles. The number of ether oxygens (including phenoxy) is 1. The fourth-order valence-corrected chi connectivity index (χ4v) is 3.56. The van der Waals surface area contributed by atoms with E-state index in [0.29, 0.717) is 12.0 Å². The zero-order valence-electron chi connectivity index (χ0n) is 16.4. The van der Waals surface area contributed by atoms with Crippen molar-refractivity contribution >= 4 is 5.91 Å². The number of rotatable bonds is 6. The van der Waals surface area contributed by atoms with Crippen LogP contribution in [0.25, 0.3) is 0 Å². The molecule has 0 bridgehead atoms. The van der Waals surface area contributed by atoms with Gasteiger partial charge in [-0.3, -0.25) is 9.69 Å². The lowest BCUT2D eigenvalue weighted by molar-refractivity contribution is -0.131. The fraction of sp³-hybridized carbons (Fsp3) is 0.391. The summed E-state index contributed by atoms with van der Waals surface area (Å²) in [6, 6.07) is 17.8. The maximum Gasteiger partial charge on any atom is 0.222 e. The average molecular weight is 377 g/mol. The quantitative estimate of drug-likeness (QED) is 0.776. The van der Waals surface area contributed by atoms with Crippen molar-refractivity contribution in [2.24, 2.45) is 0 Å². The molecule has 146 valence electrons. The van der Waals surface area contributed by atoms with Gasteiger partial charge in [-0.2, -0.15) is 5.26 Å². The molecule has 2 aromatic rings. The summed E-state index contributed by atoms with van der Waals surface area (Å²) >= 11 is 0. The van der Waals surface area contributed by atoms with E-state index in [1.54, 1.807) is 7.11 Å². The monoisotopic (exact) mass is 377 g/mol. The molecule has 0 radical (unpaired) electrons. The number of benzene rings is 2. The molecule has 0 aromatic heterocycles. The van der Waals surface area contributed by atoms with Gasteiger partial charge in [-0.15, -0.1) is 0 Å². The number of nitrogens with zero attached hydrogens (tertiary/aromatic N) is 3. The predicted octanol–water partition coefficient (Wildman–Crippen LogP) is 3.23. The Kier molecular flexibility index (Phi) is 7.05. The highest BCUT2D eigenvalue weighted by Crippen LogP contribution is 2.15. The van der Waals surface area contributed by atoms with Gasteiger partial charge in [-0.05, 0) is 48.2 Å². The van der Waals surface area contributed by atoms with Gasteiger partial charge in [-0.1, -0.05) is 24.3 Å². The summed E-state index contributed by atoms with van der Waals surface area (Å²) in [5, 5.41) is 8.91. The van der Waals surface area contributed by atoms with Crippen molar-refractivity contribution < 1.29 is 9.53 Å². The molecule has 5 heteroatoms. The van der Waals surface area contributed by atoms with E-state index in [4.69, 9.17) is 10.00 Å². The van der Waals surface area contributed by atoms with Gasteiger partial charge in [0.2, 0.25) is 5.91 Å². The fourth-order valence-electron chi connectivity index (χ4n) is 3.56. The number of methoxy groups -OCH3 is 1. The molecule has 0 spiro atoms. The van der Waals surface area contributed by atoms with Gasteiger partial charge in [0.25, 0.3) is 0 Å². The van der Waals surface area contributed by atoms with Crippen LogP contribution in [-0.2, 0) is 17.8 Å². The molecule has 0 unspecified atom stereocenters. The smallest absolute Gasteiger partial charge is 0.222 e. The summed E-state index contributed by atoms with van der Waals surface area (Å²) in [5.74, 6) is 1.06. The number of carbonyl (C=O) groups excluding carboxylic acids is 1. The van der Waals surface area contributed by atoms with Gasteiger partial charge >= 0.3 is 0 Å². The van der Waals surface area contributed by atoms with Crippen molar-refractivity contribution in [1.82, 2.24) is 9.80 Å². The molecule has 0 saturated carbocycles. The van der Waals surface area contributed by atoms with Crippen LogP contribution in [0.2, 0.25) is 0 Å². The van der Waals surface area contributed by atoms with E-state index in [1.807, 2.05) is 53.4 Å². The molecule has 2 aromatic carbocycles. The molecule has 0 atom stereocenters. The standard InChI is InChI=1S/C23H27N3O2/c1-28-22-5-2-4-19(16-22)10-11-23(27)26-13-3-12-25(14-15-26)18-21-8-6-20(17-24)7-9-21/h2,4-9,16H,3,10-15,18H2,1H3. The lowest BCUT2D eigenvalue weighted by atomic mass is 10.1. The van der Waals surface area contributed by atoms with E-state index < -0.39 is 0 Å². The molecule has 3 rings (SSSR count). The second kappa shape index (κ2) is 9.91. The molecule has 0 N–H and O–H groups in total. The van der Waals surface area contributed by atoms with Gasteiger partial charge < -0.3 is 9.64 Å². The molecule has 28 heavy (non-hydrogen) atoms. The number of amides is 1. The minimum Gasteiger partial charge on any atom is -0.497 e. The maximum atomic E-state index is 12.7. The van der Waals surface area contributed by atoms with Crippen molar-refractivity contribution in [3.8, 4) is 11.8 Å². The van der Waals surface area contributed by atoms with E-state index in [2.05, 4.69) is 11.0 Å². The van der Waals surface area contributed by atoms with Crippen molar-refractivity contribution in [1.29, 1.82) is 5.26 Å². The molecule has 0 aliphatic carbocycles. The molecule has 1 fully saturated rings. The van der Waals surface area contributed by atoms with Crippen LogP contribution >= 0.6 is 0 Å². The van der Waals surface area contributed by atoms with Crippen LogP contribution in [0.5, 0.6) is 5.75 Å². The van der Waals surface area contributed by atoms with Gasteiger partial charge in [0.1, 0.15) is 5.75 Å². The lowest BCUT2D eigenvalue weighted by Gasteiger charge is -2.22. The summed E-state index contributed by atoms with van der Waals surface area (Å²) in [5.41, 5.74) is 3.02. The molecule has 1 saturated heterocycles. The third-order valence-corrected chi connectivity index (χ3v) is 5.19. The molecule has 1 aliphatic heterocycles. The Morgan fingerprint density at radius 2 is 1.89 bits per heavy atom. The number of nitriles is 1. The summed E-state index contributed by atoms with van der Waals surface area (Å²) in [7, 11) is 1.66. The summed E-state index contributed by atoms with van der Waals surface area (Å²) in [4.78, 5) is 17.0. The minimum absolute atomic E-state index is 0.225. The highest BCUT2D eigenvalue weighted by atomic mass is 16.5. The Morgan fingerprint density at radius 1 is 1.07 bits per heavy atom. The lowest BCUT2D eigenvalue weighted by Crippen LogP contribution is -2.35. The van der Waals surface area contributed by atoms with E-state index in [9.17, 15) is 4.79 Å². The topological polar surface area (TPSA) is 56.6 Å². The van der Waals surface area contributed by atoms with Gasteiger partial charge in [0.05, 0.1) is 18.7 Å². The molecular weight excluding hydrogens is 350 g/mol. The number of carbonyl (C=O) groups is 1. The van der Waals surface area contributed by atoms with Gasteiger partial charge in [0.15, 0.2) is 0 Å². The third kappa shape index (κ3) is 5.58. The Labute approximate surface area is 167 Å². The van der Waals surface area contributed by atoms with Crippen LogP contribution in [0.15, 0.2) is 48.5 Å². The Morgan fingerprint density at radius 3 is 2.64 bits per heavy atom. The van der Waals surface area contributed by atoms with Gasteiger partial charge in [-0.25, -0.2) is 0 Å². The maximum absolute atomic E-state index is 12.7. The second-order valence-electron chi connectivity index (χ2n) is 7.17. The minimum atomic E-state index is 0.225. The van der Waals surface area contributed by atoms with Crippen molar-refractivity contribution in [2.45, 2.75) is 25.8 Å². The molecule has 1 aliphatic rings. The van der Waals surface area contributed by atoms with E-state index in [0.717, 1.165) is 56.9 Å². The van der Waals surface area contributed by atoms with Gasteiger partial charge in [0, 0.05) is 39.1 Å². The van der Waals surface area contributed by atoms with Crippen LogP contribution in [0, 0.1) is 11.3 Å². The van der Waals surface area contributed by atoms with E-state index in [1.165, 1.54) is 5.56 Å². The summed E-state index contributed by atoms with van der Waals surface area (Å²) < 4.78 is 5.25. The summed E-state index contributed by atoms with van der Waals surface area (Å²) in [6.45, 7) is 4.32. The summed E-state index contributed by atoms with van der Waals surface area (Å²) in [6.07, 6.45) is 2.26.